The average Bonchev–Trinajstić information content (AvgIpc) is 1.64. The van der Waals surface area contributed by atoms with Gasteiger partial charge in [-0.25, -0.2) is 0 Å². The van der Waals surface area contributed by atoms with Gasteiger partial charge in [-0.1, -0.05) is 92.7 Å². The summed E-state index contributed by atoms with van der Waals surface area (Å²) in [5, 5.41) is 47.3. The van der Waals surface area contributed by atoms with Gasteiger partial charge >= 0.3 is 0 Å². The molecule has 0 radical (unpaired) electrons. The Hall–Kier alpha value is -10.3. The predicted octanol–water partition coefficient (Wildman–Crippen LogP) is 0.517. The molecular formula is C67H85N15O12. The first-order chi connectivity index (χ1) is 45.2. The highest BCUT2D eigenvalue weighted by Crippen LogP contribution is 2.24. The Labute approximate surface area is 543 Å². The van der Waals surface area contributed by atoms with E-state index in [1.807, 2.05) is 50.2 Å². The van der Waals surface area contributed by atoms with E-state index >= 15 is 9.59 Å². The molecule has 6 aromatic rings. The van der Waals surface area contributed by atoms with Gasteiger partial charge in [-0.3, -0.25) is 52.9 Å². The molecule has 2 fully saturated rings. The van der Waals surface area contributed by atoms with Crippen LogP contribution in [-0.4, -0.2) is 171 Å². The van der Waals surface area contributed by atoms with Crippen molar-refractivity contribution in [3.8, 4) is 5.75 Å². The number of likely N-dealkylation sites (tertiary alicyclic amines) is 1. The average molecular weight is 1290 g/mol. The lowest BCUT2D eigenvalue weighted by molar-refractivity contribution is -0.142. The Bertz CT molecular complexity index is 3680. The van der Waals surface area contributed by atoms with Gasteiger partial charge in [0.1, 0.15) is 60.1 Å². The zero-order chi connectivity index (χ0) is 67.4. The van der Waals surface area contributed by atoms with Gasteiger partial charge < -0.3 is 84.4 Å². The topological polar surface area (TPSA) is 419 Å². The first-order valence-corrected chi connectivity index (χ1v) is 31.8. The highest BCUT2D eigenvalue weighted by Gasteiger charge is 2.40. The fourth-order valence-corrected chi connectivity index (χ4v) is 11.8. The first kappa shape index (κ1) is 69.6. The summed E-state index contributed by atoms with van der Waals surface area (Å²) in [7, 11) is 0. The van der Waals surface area contributed by atoms with Crippen LogP contribution < -0.4 is 59.3 Å². The minimum absolute atomic E-state index is 0.0150. The summed E-state index contributed by atoms with van der Waals surface area (Å²) >= 11 is 0. The molecule has 0 spiro atoms. The summed E-state index contributed by atoms with van der Waals surface area (Å²) in [6, 6.07) is 17.4. The van der Waals surface area contributed by atoms with E-state index in [4.69, 9.17) is 11.5 Å². The summed E-state index contributed by atoms with van der Waals surface area (Å²) < 4.78 is 0. The van der Waals surface area contributed by atoms with Crippen LogP contribution in [0.25, 0.3) is 21.8 Å². The molecule has 2 aliphatic heterocycles. The molecule has 4 aromatic carbocycles. The molecule has 500 valence electrons. The number of likely N-dealkylation sites (N-methyl/N-ethyl adjacent to an activating group) is 1. The molecule has 0 saturated carbocycles. The molecule has 17 N–H and O–H groups in total. The Morgan fingerprint density at radius 3 is 1.62 bits per heavy atom. The van der Waals surface area contributed by atoms with Gasteiger partial charge in [-0.15, -0.1) is 0 Å². The van der Waals surface area contributed by atoms with Crippen molar-refractivity contribution in [1.29, 1.82) is 0 Å². The van der Waals surface area contributed by atoms with Crippen LogP contribution in [-0.2, 0) is 73.6 Å². The number of aromatic nitrogens is 2. The quantitative estimate of drug-likeness (QED) is 0.0156. The standard InChI is InChI=1S/C67H85N15O12/c1-4-70-65(93)56-21-13-29-82(56)66(94)49(20-12-28-71-67(68)69)75-59(87)50(30-38(2)3)76-62(90)53(33-41-35-72-46-18-10-8-16-44(41)46)79-61(89)52(32-40-22-24-43(84)25-23-40)78-64(92)55(37-83)81-63(91)54(34-42-36-73-47-19-11-9-17-45(42)47)80-60(88)51(31-39-14-6-5-7-15-39)77-58(86)48-26-27-57(85)74-48/h5-11,14-19,22-25,35-36,38,48-56,72-73,83-84H,4,12-13,20-21,26-34,37H2,1-3H3,(H,70,93)(H,74,85)(H,75,87)(H,76,90)(H,77,86)(H,78,92)(H,79,89)(H,80,88)(H,81,91)(H4,68,69,71)/t48-,49-,50-,51-,52-,53+,54-,55-,56+/m0/s1. The number of phenols is 1. The maximum Gasteiger partial charge on any atom is 0.245 e. The van der Waals surface area contributed by atoms with Crippen molar-refractivity contribution < 1.29 is 58.2 Å². The molecule has 8 rings (SSSR count). The lowest BCUT2D eigenvalue weighted by Crippen LogP contribution is -2.61. The Morgan fingerprint density at radius 2 is 1.09 bits per heavy atom. The van der Waals surface area contributed by atoms with Crippen LogP contribution >= 0.6 is 0 Å². The monoisotopic (exact) mass is 1290 g/mol. The van der Waals surface area contributed by atoms with Crippen molar-refractivity contribution in [1.82, 2.24) is 62.7 Å². The number of aliphatic hydroxyl groups excluding tert-OH is 1. The number of hydrogen-bond donors (Lipinski definition) is 15. The number of benzene rings is 4. The number of carbonyl (C=O) groups excluding carboxylic acids is 10. The van der Waals surface area contributed by atoms with Gasteiger partial charge in [-0.2, -0.15) is 0 Å². The molecule has 10 amide bonds. The number of nitrogens with one attached hydrogen (secondary N) is 11. The fourth-order valence-electron chi connectivity index (χ4n) is 11.8. The lowest BCUT2D eigenvalue weighted by Gasteiger charge is -2.30. The first-order valence-electron chi connectivity index (χ1n) is 31.8. The van der Waals surface area contributed by atoms with Gasteiger partial charge in [0.2, 0.25) is 59.1 Å². The number of H-pyrrole nitrogens is 2. The molecule has 9 atom stereocenters. The summed E-state index contributed by atoms with van der Waals surface area (Å²) in [5.74, 6) is -7.45. The number of aromatic hydroxyl groups is 1. The third-order valence-corrected chi connectivity index (χ3v) is 16.6. The van der Waals surface area contributed by atoms with Gasteiger partial charge in [0.15, 0.2) is 5.96 Å². The van der Waals surface area contributed by atoms with Crippen molar-refractivity contribution in [3.05, 3.63) is 138 Å². The van der Waals surface area contributed by atoms with Crippen LogP contribution in [0.15, 0.2) is 121 Å². The normalized spacial score (nSPS) is 16.7. The molecule has 4 heterocycles. The molecule has 0 unspecified atom stereocenters. The van der Waals surface area contributed by atoms with Crippen molar-refractivity contribution in [2.24, 2.45) is 22.4 Å². The van der Waals surface area contributed by atoms with Crippen LogP contribution in [0.3, 0.4) is 0 Å². The van der Waals surface area contributed by atoms with Crippen LogP contribution in [0, 0.1) is 5.92 Å². The molecular weight excluding hydrogens is 1210 g/mol. The minimum Gasteiger partial charge on any atom is -0.508 e. The van der Waals surface area contributed by atoms with Crippen molar-refractivity contribution in [2.45, 2.75) is 146 Å². The zero-order valence-corrected chi connectivity index (χ0v) is 52.9. The van der Waals surface area contributed by atoms with Crippen molar-refractivity contribution in [2.75, 3.05) is 26.2 Å². The molecule has 0 aliphatic carbocycles. The number of rotatable bonds is 32. The van der Waals surface area contributed by atoms with E-state index in [2.05, 4.69) is 62.8 Å². The van der Waals surface area contributed by atoms with Gasteiger partial charge in [0.05, 0.1) is 6.61 Å². The van der Waals surface area contributed by atoms with Crippen LogP contribution in [0.4, 0.5) is 0 Å². The minimum atomic E-state index is -1.77. The number of amides is 10. The number of aromatic amines is 2. The van der Waals surface area contributed by atoms with E-state index in [9.17, 15) is 48.6 Å². The smallest absolute Gasteiger partial charge is 0.245 e. The summed E-state index contributed by atoms with van der Waals surface area (Å²) in [4.78, 5) is 154. The molecule has 2 aliphatic rings. The maximum atomic E-state index is 15.1. The highest BCUT2D eigenvalue weighted by molar-refractivity contribution is 6.00. The second-order valence-corrected chi connectivity index (χ2v) is 24.1. The zero-order valence-electron chi connectivity index (χ0n) is 52.9. The number of nitrogens with two attached hydrogens (primary N) is 2. The van der Waals surface area contributed by atoms with E-state index in [-0.39, 0.29) is 100 Å². The van der Waals surface area contributed by atoms with Gasteiger partial charge in [0, 0.05) is 85.9 Å². The molecule has 27 nitrogen and oxygen atoms in total. The van der Waals surface area contributed by atoms with Crippen molar-refractivity contribution in [3.63, 3.8) is 0 Å². The second kappa shape index (κ2) is 33.3. The number of aliphatic imine (C=N–C) groups is 1. The lowest BCUT2D eigenvalue weighted by atomic mass is 9.99. The third-order valence-electron chi connectivity index (χ3n) is 16.6. The Morgan fingerprint density at radius 1 is 0.596 bits per heavy atom. The highest BCUT2D eigenvalue weighted by atomic mass is 16.3. The number of aliphatic hydroxyl groups is 1. The number of guanidine groups is 1. The van der Waals surface area contributed by atoms with E-state index in [0.717, 1.165) is 16.4 Å². The van der Waals surface area contributed by atoms with Crippen LogP contribution in [0.5, 0.6) is 5.75 Å². The summed E-state index contributed by atoms with van der Waals surface area (Å²) in [6.07, 6.45) is 4.43. The van der Waals surface area contributed by atoms with E-state index in [1.165, 1.54) is 29.2 Å². The molecule has 2 saturated heterocycles. The Balaban J connectivity index is 1.06. The van der Waals surface area contributed by atoms with Crippen LogP contribution in [0.1, 0.15) is 88.0 Å². The molecule has 0 bridgehead atoms. The van der Waals surface area contributed by atoms with E-state index in [0.29, 0.717) is 47.0 Å². The molecule has 27 heteroatoms. The van der Waals surface area contributed by atoms with Crippen molar-refractivity contribution >= 4 is 86.8 Å². The van der Waals surface area contributed by atoms with E-state index < -0.39 is 108 Å². The largest absolute Gasteiger partial charge is 0.508 e. The summed E-state index contributed by atoms with van der Waals surface area (Å²) in [6.45, 7) is 5.16. The number of phenolic OH excluding ortho intramolecular Hbond substituents is 1. The number of carbonyl (C=O) groups is 10. The number of para-hydroxylation sites is 2. The number of fused-ring (bicyclic) bond motifs is 2. The predicted molar refractivity (Wildman–Crippen MR) is 351 cm³/mol. The van der Waals surface area contributed by atoms with E-state index in [1.54, 1.807) is 61.8 Å². The van der Waals surface area contributed by atoms with Gasteiger partial charge in [0.25, 0.3) is 0 Å². The number of nitrogens with zero attached hydrogens (tertiary/aromatic N) is 2. The number of hydrogen-bond acceptors (Lipinski definition) is 13. The summed E-state index contributed by atoms with van der Waals surface area (Å²) in [5.41, 5.74) is 14.9. The molecule has 94 heavy (non-hydrogen) atoms. The van der Waals surface area contributed by atoms with Gasteiger partial charge in [-0.05, 0) is 97.9 Å². The maximum absolute atomic E-state index is 15.1. The Kier molecular flexibility index (Phi) is 24.7. The second-order valence-electron chi connectivity index (χ2n) is 24.1. The van der Waals surface area contributed by atoms with Crippen LogP contribution in [0.2, 0.25) is 0 Å². The third kappa shape index (κ3) is 19.1. The SMILES string of the molecule is CCNC(=O)[C@H]1CCCN1C(=O)[C@H](CCCN=C(N)N)NC(=O)[C@H](CC(C)C)NC(=O)[C@@H](Cc1c[nH]c2ccccc12)NC(=O)[C@H](Cc1ccc(O)cc1)NC(=O)[C@H](CO)NC(=O)[C@H](Cc1c[nH]c2ccccc12)NC(=O)[C@H](Cc1ccccc1)NC(=O)[C@@H]1CCC(=O)N1. The fraction of sp³-hybridized carbons (Fsp3) is 0.418. The molecule has 2 aromatic heterocycles.